The number of carbonyl (C=O) groups excluding carboxylic acids is 1. The van der Waals surface area contributed by atoms with Gasteiger partial charge in [0.1, 0.15) is 5.75 Å². The molecule has 128 valence electrons. The summed E-state index contributed by atoms with van der Waals surface area (Å²) in [5.74, 6) is -0.109. The largest absolute Gasteiger partial charge is 0.507 e. The number of rotatable bonds is 2. The molecule has 1 fully saturated rings. The first-order valence-electron chi connectivity index (χ1n) is 7.86. The van der Waals surface area contributed by atoms with Crippen LogP contribution in [0.4, 0.5) is 5.69 Å². The summed E-state index contributed by atoms with van der Waals surface area (Å²) < 4.78 is 0.829. The minimum Gasteiger partial charge on any atom is -0.507 e. The molecular formula is C20H13BrN2O2S. The maximum Gasteiger partial charge on any atom is 0.264 e. The van der Waals surface area contributed by atoms with Gasteiger partial charge in [0.15, 0.2) is 5.17 Å². The van der Waals surface area contributed by atoms with E-state index in [4.69, 9.17) is 0 Å². The average molecular weight is 425 g/mol. The van der Waals surface area contributed by atoms with Crippen LogP contribution in [-0.4, -0.2) is 16.2 Å². The molecule has 0 atom stereocenters. The lowest BCUT2D eigenvalue weighted by Gasteiger charge is -2.02. The van der Waals surface area contributed by atoms with E-state index in [1.165, 1.54) is 11.8 Å². The fraction of sp³-hybridized carbons (Fsp3) is 0. The number of aromatic hydroxyl groups is 1. The van der Waals surface area contributed by atoms with Gasteiger partial charge in [-0.2, -0.15) is 0 Å². The van der Waals surface area contributed by atoms with Crippen molar-refractivity contribution in [1.82, 2.24) is 5.32 Å². The standard InChI is InChI=1S/C20H13BrN2O2S/c21-14-8-9-17(24)13(10-14)11-18-19(25)23-20(26-18)22-16-7-3-5-12-4-1-2-6-15(12)16/h1-11,24H,(H,22,23,25)/b18-11+. The Bertz CT molecular complexity index is 1090. The smallest absolute Gasteiger partial charge is 0.264 e. The first-order chi connectivity index (χ1) is 12.6. The molecule has 2 N–H and O–H groups in total. The zero-order valence-electron chi connectivity index (χ0n) is 13.4. The van der Waals surface area contributed by atoms with Crippen molar-refractivity contribution in [2.45, 2.75) is 0 Å². The zero-order chi connectivity index (χ0) is 18.1. The van der Waals surface area contributed by atoms with Crippen LogP contribution in [0.25, 0.3) is 16.8 Å². The van der Waals surface area contributed by atoms with Crippen LogP contribution in [0.5, 0.6) is 5.75 Å². The Morgan fingerprint density at radius 1 is 1.08 bits per heavy atom. The summed E-state index contributed by atoms with van der Waals surface area (Å²) in [5.41, 5.74) is 1.38. The number of benzene rings is 3. The lowest BCUT2D eigenvalue weighted by molar-refractivity contribution is -0.115. The number of nitrogens with one attached hydrogen (secondary N) is 1. The number of thioether (sulfide) groups is 1. The van der Waals surface area contributed by atoms with Gasteiger partial charge in [0, 0.05) is 15.4 Å². The lowest BCUT2D eigenvalue weighted by Crippen LogP contribution is -2.19. The van der Waals surface area contributed by atoms with Crippen molar-refractivity contribution in [3.8, 4) is 5.75 Å². The van der Waals surface area contributed by atoms with Gasteiger partial charge >= 0.3 is 0 Å². The molecule has 0 bridgehead atoms. The maximum atomic E-state index is 12.3. The summed E-state index contributed by atoms with van der Waals surface area (Å²) in [7, 11) is 0. The van der Waals surface area contributed by atoms with Crippen LogP contribution in [0.2, 0.25) is 0 Å². The number of halogens is 1. The molecule has 6 heteroatoms. The number of hydrogen-bond donors (Lipinski definition) is 2. The number of carbonyl (C=O) groups is 1. The van der Waals surface area contributed by atoms with Crippen LogP contribution in [-0.2, 0) is 4.79 Å². The normalized spacial score (nSPS) is 17.2. The van der Waals surface area contributed by atoms with E-state index >= 15 is 0 Å². The molecule has 0 spiro atoms. The third-order valence-corrected chi connectivity index (χ3v) is 5.32. The molecule has 0 saturated carbocycles. The highest BCUT2D eigenvalue weighted by atomic mass is 79.9. The summed E-state index contributed by atoms with van der Waals surface area (Å²) in [6.45, 7) is 0. The zero-order valence-corrected chi connectivity index (χ0v) is 15.8. The van der Waals surface area contributed by atoms with Gasteiger partial charge in [-0.05, 0) is 47.5 Å². The molecule has 3 aromatic carbocycles. The van der Waals surface area contributed by atoms with E-state index in [1.807, 2.05) is 42.5 Å². The maximum absolute atomic E-state index is 12.3. The van der Waals surface area contributed by atoms with Crippen molar-refractivity contribution in [3.63, 3.8) is 0 Å². The Morgan fingerprint density at radius 2 is 1.88 bits per heavy atom. The number of nitrogens with zero attached hydrogens (tertiary/aromatic N) is 1. The second-order valence-corrected chi connectivity index (χ2v) is 7.63. The van der Waals surface area contributed by atoms with Gasteiger partial charge in [-0.15, -0.1) is 0 Å². The Balaban J connectivity index is 1.68. The van der Waals surface area contributed by atoms with Gasteiger partial charge in [-0.3, -0.25) is 4.79 Å². The highest BCUT2D eigenvalue weighted by Crippen LogP contribution is 2.33. The molecule has 0 radical (unpaired) electrons. The van der Waals surface area contributed by atoms with E-state index in [-0.39, 0.29) is 11.7 Å². The van der Waals surface area contributed by atoms with Crippen molar-refractivity contribution in [2.24, 2.45) is 4.99 Å². The summed E-state index contributed by atoms with van der Waals surface area (Å²) in [5, 5.41) is 15.4. The number of amides is 1. The number of hydrogen-bond acceptors (Lipinski definition) is 4. The van der Waals surface area contributed by atoms with E-state index in [0.717, 1.165) is 20.9 Å². The summed E-state index contributed by atoms with van der Waals surface area (Å²) in [4.78, 5) is 17.4. The first kappa shape index (κ1) is 16.9. The van der Waals surface area contributed by atoms with Crippen molar-refractivity contribution >= 4 is 61.3 Å². The fourth-order valence-electron chi connectivity index (χ4n) is 2.68. The van der Waals surface area contributed by atoms with E-state index in [9.17, 15) is 9.90 Å². The predicted molar refractivity (Wildman–Crippen MR) is 111 cm³/mol. The topological polar surface area (TPSA) is 61.7 Å². The van der Waals surface area contributed by atoms with E-state index in [2.05, 4.69) is 26.2 Å². The third kappa shape index (κ3) is 3.38. The van der Waals surface area contributed by atoms with E-state index < -0.39 is 0 Å². The summed E-state index contributed by atoms with van der Waals surface area (Å²) in [6, 6.07) is 19.0. The van der Waals surface area contributed by atoms with Crippen LogP contribution in [0.1, 0.15) is 5.56 Å². The number of amidine groups is 1. The molecule has 3 aromatic rings. The summed E-state index contributed by atoms with van der Waals surface area (Å²) >= 11 is 4.62. The summed E-state index contributed by atoms with van der Waals surface area (Å²) in [6.07, 6.45) is 1.66. The predicted octanol–water partition coefficient (Wildman–Crippen LogP) is 5.20. The lowest BCUT2D eigenvalue weighted by atomic mass is 10.1. The number of aliphatic imine (C=N–C) groups is 1. The van der Waals surface area contributed by atoms with Gasteiger partial charge in [-0.1, -0.05) is 52.3 Å². The Labute approximate surface area is 162 Å². The molecule has 1 aliphatic heterocycles. The van der Waals surface area contributed by atoms with Crippen LogP contribution in [0, 0.1) is 0 Å². The molecule has 0 unspecified atom stereocenters. The molecule has 1 heterocycles. The second-order valence-electron chi connectivity index (χ2n) is 5.68. The van der Waals surface area contributed by atoms with Crippen LogP contribution in [0.15, 0.2) is 75.0 Å². The molecule has 1 aliphatic rings. The molecule has 4 nitrogen and oxygen atoms in total. The Morgan fingerprint density at radius 3 is 2.77 bits per heavy atom. The van der Waals surface area contributed by atoms with Crippen molar-refractivity contribution in [2.75, 3.05) is 0 Å². The molecule has 4 rings (SSSR count). The molecule has 0 aromatic heterocycles. The van der Waals surface area contributed by atoms with Crippen LogP contribution in [0.3, 0.4) is 0 Å². The van der Waals surface area contributed by atoms with Gasteiger partial charge in [0.25, 0.3) is 5.91 Å². The van der Waals surface area contributed by atoms with Crippen molar-refractivity contribution < 1.29 is 9.90 Å². The minimum atomic E-state index is -0.228. The Kier molecular flexibility index (Phi) is 4.53. The minimum absolute atomic E-state index is 0.119. The number of phenolic OH excluding ortho intramolecular Hbond substituents is 1. The van der Waals surface area contributed by atoms with Gasteiger partial charge < -0.3 is 10.4 Å². The van der Waals surface area contributed by atoms with Crippen molar-refractivity contribution in [1.29, 1.82) is 0 Å². The number of fused-ring (bicyclic) bond motifs is 1. The highest BCUT2D eigenvalue weighted by Gasteiger charge is 2.24. The first-order valence-corrected chi connectivity index (χ1v) is 9.47. The van der Waals surface area contributed by atoms with Crippen LogP contribution >= 0.6 is 27.7 Å². The van der Waals surface area contributed by atoms with Crippen molar-refractivity contribution in [3.05, 3.63) is 75.6 Å². The average Bonchev–Trinajstić information content (AvgIpc) is 2.98. The molecular weight excluding hydrogens is 412 g/mol. The number of phenols is 1. The second kappa shape index (κ2) is 6.97. The monoisotopic (exact) mass is 424 g/mol. The molecule has 26 heavy (non-hydrogen) atoms. The Hall–Kier alpha value is -2.57. The molecule has 1 saturated heterocycles. The van der Waals surface area contributed by atoms with Gasteiger partial charge in [-0.25, -0.2) is 4.99 Å². The third-order valence-electron chi connectivity index (χ3n) is 3.92. The van der Waals surface area contributed by atoms with E-state index in [0.29, 0.717) is 15.6 Å². The fourth-order valence-corrected chi connectivity index (χ4v) is 3.88. The quantitative estimate of drug-likeness (QED) is 0.555. The van der Waals surface area contributed by atoms with Gasteiger partial charge in [0.2, 0.25) is 0 Å². The van der Waals surface area contributed by atoms with Crippen LogP contribution < -0.4 is 5.32 Å². The molecule has 0 aliphatic carbocycles. The SMILES string of the molecule is O=C1NC(=Nc2cccc3ccccc23)S/C1=C/c1cc(Br)ccc1O. The van der Waals surface area contributed by atoms with E-state index in [1.54, 1.807) is 24.3 Å². The van der Waals surface area contributed by atoms with Gasteiger partial charge in [0.05, 0.1) is 10.6 Å². The molecule has 1 amide bonds. The highest BCUT2D eigenvalue weighted by molar-refractivity contribution is 9.10.